The minimum atomic E-state index is -4.60. The van der Waals surface area contributed by atoms with E-state index in [2.05, 4.69) is 5.32 Å². The molecule has 1 unspecified atom stereocenters. The van der Waals surface area contributed by atoms with E-state index < -0.39 is 39.1 Å². The fourth-order valence-corrected chi connectivity index (χ4v) is 5.32. The highest BCUT2D eigenvalue weighted by molar-refractivity contribution is 7.91. The molecule has 0 aliphatic heterocycles. The lowest BCUT2D eigenvalue weighted by atomic mass is 9.91. The third kappa shape index (κ3) is 5.50. The zero-order chi connectivity index (χ0) is 23.9. The van der Waals surface area contributed by atoms with Crippen LogP contribution in [0.25, 0.3) is 0 Å². The van der Waals surface area contributed by atoms with Crippen LogP contribution in [0.4, 0.5) is 13.2 Å². The smallest absolute Gasteiger partial charge is 0.388 e. The number of alkyl halides is 3. The maximum absolute atomic E-state index is 13.2. The van der Waals surface area contributed by atoms with Gasteiger partial charge in [-0.15, -0.1) is 0 Å². The Morgan fingerprint density at radius 2 is 1.72 bits per heavy atom. The zero-order valence-corrected chi connectivity index (χ0v) is 18.8. The van der Waals surface area contributed by atoms with Gasteiger partial charge in [-0.25, -0.2) is 8.42 Å². The van der Waals surface area contributed by atoms with E-state index >= 15 is 0 Å². The molecule has 1 fully saturated rings. The number of carbonyl (C=O) groups is 1. The van der Waals surface area contributed by atoms with Crippen LogP contribution in [-0.2, 0) is 16.0 Å². The molecule has 1 atom stereocenters. The summed E-state index contributed by atoms with van der Waals surface area (Å²) in [6.45, 7) is 4.12. The van der Waals surface area contributed by atoms with Gasteiger partial charge in [0.25, 0.3) is 5.91 Å². The predicted molar refractivity (Wildman–Crippen MR) is 114 cm³/mol. The third-order valence-corrected chi connectivity index (χ3v) is 7.49. The first-order valence-electron chi connectivity index (χ1n) is 10.2. The Bertz CT molecular complexity index is 1100. The average Bonchev–Trinajstić information content (AvgIpc) is 3.47. The van der Waals surface area contributed by atoms with Crippen LogP contribution in [0, 0.1) is 12.8 Å². The number of nitrogens with one attached hydrogen (secondary N) is 1. The number of hydrogen-bond donors (Lipinski definition) is 2. The van der Waals surface area contributed by atoms with Crippen molar-refractivity contribution in [3.63, 3.8) is 0 Å². The molecule has 2 aromatic carbocycles. The van der Waals surface area contributed by atoms with E-state index in [0.29, 0.717) is 5.56 Å². The SMILES string of the molecule is Cc1c(C(=O)NC(c2ccc(S(=O)(=O)CC3CC3)cc2)C(C)(C)O)cccc1C(F)(F)F. The Hall–Kier alpha value is -2.39. The molecule has 0 radical (unpaired) electrons. The Labute approximate surface area is 185 Å². The molecule has 5 nitrogen and oxygen atoms in total. The lowest BCUT2D eigenvalue weighted by molar-refractivity contribution is -0.138. The van der Waals surface area contributed by atoms with Gasteiger partial charge in [-0.3, -0.25) is 4.79 Å². The van der Waals surface area contributed by atoms with E-state index in [-0.39, 0.29) is 27.7 Å². The molecule has 0 heterocycles. The van der Waals surface area contributed by atoms with Gasteiger partial charge in [-0.2, -0.15) is 13.2 Å². The number of carbonyl (C=O) groups excluding carboxylic acids is 1. The number of rotatable bonds is 7. The third-order valence-electron chi connectivity index (χ3n) is 5.59. The van der Waals surface area contributed by atoms with E-state index in [0.717, 1.165) is 25.0 Å². The summed E-state index contributed by atoms with van der Waals surface area (Å²) in [5.41, 5.74) is -2.32. The van der Waals surface area contributed by atoms with Gasteiger partial charge < -0.3 is 10.4 Å². The van der Waals surface area contributed by atoms with Crippen LogP contribution in [0.1, 0.15) is 59.8 Å². The quantitative estimate of drug-likeness (QED) is 0.628. The topological polar surface area (TPSA) is 83.5 Å². The van der Waals surface area contributed by atoms with Gasteiger partial charge in [-0.1, -0.05) is 18.2 Å². The molecule has 2 N–H and O–H groups in total. The maximum atomic E-state index is 13.2. The highest BCUT2D eigenvalue weighted by atomic mass is 32.2. The number of sulfone groups is 1. The molecule has 1 amide bonds. The average molecular weight is 470 g/mol. The van der Waals surface area contributed by atoms with Crippen molar-refractivity contribution in [1.29, 1.82) is 0 Å². The first kappa shape index (κ1) is 24.3. The second-order valence-electron chi connectivity index (χ2n) is 8.83. The monoisotopic (exact) mass is 469 g/mol. The Kier molecular flexibility index (Phi) is 6.45. The minimum Gasteiger partial charge on any atom is -0.388 e. The predicted octanol–water partition coefficient (Wildman–Crippen LogP) is 4.44. The lowest BCUT2D eigenvalue weighted by Crippen LogP contribution is -2.42. The summed E-state index contributed by atoms with van der Waals surface area (Å²) < 4.78 is 64.5. The van der Waals surface area contributed by atoms with Crippen molar-refractivity contribution in [2.45, 2.75) is 56.3 Å². The van der Waals surface area contributed by atoms with E-state index in [9.17, 15) is 31.5 Å². The Morgan fingerprint density at radius 3 is 2.22 bits per heavy atom. The second-order valence-corrected chi connectivity index (χ2v) is 10.9. The van der Waals surface area contributed by atoms with Gasteiger partial charge in [0.1, 0.15) is 0 Å². The lowest BCUT2D eigenvalue weighted by Gasteiger charge is -2.31. The summed E-state index contributed by atoms with van der Waals surface area (Å²) in [4.78, 5) is 13.0. The largest absolute Gasteiger partial charge is 0.416 e. The summed E-state index contributed by atoms with van der Waals surface area (Å²) in [6, 6.07) is 8.22. The van der Waals surface area contributed by atoms with Crippen molar-refractivity contribution in [2.75, 3.05) is 5.75 Å². The standard InChI is InChI=1S/C23H26F3NO4S/c1-14-18(5-4-6-19(14)23(24,25)26)21(28)27-20(22(2,3)29)16-9-11-17(12-10-16)32(30,31)13-15-7-8-15/h4-6,9-12,15,20,29H,7-8,13H2,1-3H3,(H,27,28). The van der Waals surface area contributed by atoms with E-state index in [4.69, 9.17) is 0 Å². The Morgan fingerprint density at radius 1 is 1.12 bits per heavy atom. The van der Waals surface area contributed by atoms with Gasteiger partial charge >= 0.3 is 6.18 Å². The highest BCUT2D eigenvalue weighted by Gasteiger charge is 2.35. The summed E-state index contributed by atoms with van der Waals surface area (Å²) in [5, 5.41) is 13.2. The molecule has 1 saturated carbocycles. The van der Waals surface area contributed by atoms with Crippen LogP contribution in [0.2, 0.25) is 0 Å². The summed E-state index contributed by atoms with van der Waals surface area (Å²) in [7, 11) is -3.42. The normalized spacial score (nSPS) is 16.0. The van der Waals surface area contributed by atoms with Crippen LogP contribution in [0.15, 0.2) is 47.4 Å². The van der Waals surface area contributed by atoms with Crippen LogP contribution in [-0.4, -0.2) is 30.8 Å². The van der Waals surface area contributed by atoms with E-state index in [1.165, 1.54) is 51.1 Å². The van der Waals surface area contributed by atoms with Crippen molar-refractivity contribution in [1.82, 2.24) is 5.32 Å². The molecule has 2 aromatic rings. The highest BCUT2D eigenvalue weighted by Crippen LogP contribution is 2.34. The van der Waals surface area contributed by atoms with Crippen molar-refractivity contribution in [3.05, 3.63) is 64.7 Å². The van der Waals surface area contributed by atoms with Crippen LogP contribution < -0.4 is 5.32 Å². The van der Waals surface area contributed by atoms with Crippen molar-refractivity contribution in [2.24, 2.45) is 5.92 Å². The van der Waals surface area contributed by atoms with Gasteiger partial charge in [0.15, 0.2) is 9.84 Å². The molecule has 0 bridgehead atoms. The first-order valence-corrected chi connectivity index (χ1v) is 11.9. The van der Waals surface area contributed by atoms with Gasteiger partial charge in [-0.05, 0) is 74.9 Å². The van der Waals surface area contributed by atoms with Crippen LogP contribution in [0.5, 0.6) is 0 Å². The first-order chi connectivity index (χ1) is 14.7. The number of amides is 1. The second kappa shape index (κ2) is 8.51. The van der Waals surface area contributed by atoms with Gasteiger partial charge in [0.2, 0.25) is 0 Å². The Balaban J connectivity index is 1.88. The number of benzene rings is 2. The molecular formula is C23H26F3NO4S. The van der Waals surface area contributed by atoms with Crippen LogP contribution >= 0.6 is 0 Å². The van der Waals surface area contributed by atoms with Crippen molar-refractivity contribution < 1.29 is 31.5 Å². The minimum absolute atomic E-state index is 0.0901. The molecular weight excluding hydrogens is 443 g/mol. The molecule has 174 valence electrons. The zero-order valence-electron chi connectivity index (χ0n) is 18.0. The summed E-state index contributed by atoms with van der Waals surface area (Å²) in [6.07, 6.45) is -2.80. The molecule has 9 heteroatoms. The van der Waals surface area contributed by atoms with Crippen molar-refractivity contribution >= 4 is 15.7 Å². The molecule has 0 aromatic heterocycles. The number of halogens is 3. The molecule has 3 rings (SSSR count). The fraction of sp³-hybridized carbons (Fsp3) is 0.435. The molecule has 1 aliphatic rings. The van der Waals surface area contributed by atoms with Crippen molar-refractivity contribution in [3.8, 4) is 0 Å². The molecule has 0 spiro atoms. The maximum Gasteiger partial charge on any atom is 0.416 e. The number of hydrogen-bond acceptors (Lipinski definition) is 4. The van der Waals surface area contributed by atoms with Crippen LogP contribution in [0.3, 0.4) is 0 Å². The molecule has 1 aliphatic carbocycles. The summed E-state index contributed by atoms with van der Waals surface area (Å²) in [5.74, 6) is -0.489. The summed E-state index contributed by atoms with van der Waals surface area (Å²) >= 11 is 0. The van der Waals surface area contributed by atoms with Gasteiger partial charge in [0.05, 0.1) is 27.9 Å². The van der Waals surface area contributed by atoms with E-state index in [1.807, 2.05) is 0 Å². The molecule has 0 saturated heterocycles. The fourth-order valence-electron chi connectivity index (χ4n) is 3.62. The molecule has 32 heavy (non-hydrogen) atoms. The number of aliphatic hydroxyl groups is 1. The van der Waals surface area contributed by atoms with E-state index in [1.54, 1.807) is 0 Å². The van der Waals surface area contributed by atoms with Gasteiger partial charge in [0, 0.05) is 5.56 Å².